The van der Waals surface area contributed by atoms with Crippen LogP contribution in [0.15, 0.2) is 35.3 Å². The molecule has 0 atom stereocenters. The van der Waals surface area contributed by atoms with E-state index in [-0.39, 0.29) is 0 Å². The molecule has 8 nitrogen and oxygen atoms in total. The zero-order valence-electron chi connectivity index (χ0n) is 18.5. The Bertz CT molecular complexity index is 875. The number of guanidine groups is 1. The van der Waals surface area contributed by atoms with Gasteiger partial charge in [-0.25, -0.2) is 4.68 Å². The molecule has 166 valence electrons. The van der Waals surface area contributed by atoms with Crippen LogP contribution in [0.3, 0.4) is 0 Å². The molecule has 2 heterocycles. The summed E-state index contributed by atoms with van der Waals surface area (Å²) >= 11 is 0. The lowest BCUT2D eigenvalue weighted by atomic mass is 10.1. The third-order valence-electron chi connectivity index (χ3n) is 5.46. The van der Waals surface area contributed by atoms with E-state index in [1.807, 2.05) is 30.3 Å². The number of aryl methyl sites for hydroxylation is 1. The first-order valence-corrected chi connectivity index (χ1v) is 11.3. The van der Waals surface area contributed by atoms with Gasteiger partial charge in [-0.1, -0.05) is 24.6 Å². The fourth-order valence-electron chi connectivity index (χ4n) is 3.84. The van der Waals surface area contributed by atoms with Crippen LogP contribution in [0.1, 0.15) is 43.9 Å². The number of aromatic nitrogens is 2. The fourth-order valence-corrected chi connectivity index (χ4v) is 3.84. The van der Waals surface area contributed by atoms with E-state index in [1.54, 1.807) is 4.68 Å². The summed E-state index contributed by atoms with van der Waals surface area (Å²) in [6.45, 7) is 7.90. The van der Waals surface area contributed by atoms with Crippen molar-refractivity contribution in [2.45, 2.75) is 39.0 Å². The van der Waals surface area contributed by atoms with Gasteiger partial charge in [0.15, 0.2) is 5.96 Å². The molecule has 1 aromatic heterocycles. The molecule has 31 heavy (non-hydrogen) atoms. The van der Waals surface area contributed by atoms with E-state index in [1.165, 1.54) is 32.4 Å². The highest BCUT2D eigenvalue weighted by atomic mass is 15.3. The van der Waals surface area contributed by atoms with E-state index in [0.717, 1.165) is 43.4 Å². The summed E-state index contributed by atoms with van der Waals surface area (Å²) in [4.78, 5) is 7.19. The van der Waals surface area contributed by atoms with E-state index in [0.29, 0.717) is 24.3 Å². The Labute approximate surface area is 185 Å². The second-order valence-corrected chi connectivity index (χ2v) is 7.76. The maximum Gasteiger partial charge on any atom is 0.191 e. The molecule has 3 rings (SSSR count). The van der Waals surface area contributed by atoms with Crippen molar-refractivity contribution in [1.29, 1.82) is 5.26 Å². The van der Waals surface area contributed by atoms with Crippen LogP contribution in [0.4, 0.5) is 5.82 Å². The molecular formula is C23H34N8. The molecule has 1 aliphatic rings. The van der Waals surface area contributed by atoms with Crippen LogP contribution >= 0.6 is 0 Å². The van der Waals surface area contributed by atoms with Gasteiger partial charge in [0, 0.05) is 26.2 Å². The number of nitrogens with one attached hydrogen (secondary N) is 2. The van der Waals surface area contributed by atoms with Crippen molar-refractivity contribution in [1.82, 2.24) is 25.3 Å². The number of rotatable bonds is 9. The standard InChI is InChI=1S/C23H34N8/c1-2-26-23(28-14-17-30-15-7-4-8-16-30)27-13-9-12-21-20(18-24)22(25)31(29-21)19-10-5-3-6-11-19/h3,5-6,10-11H,2,4,7-9,12-17,25H2,1H3,(H2,26,27,28). The number of piperidine rings is 1. The minimum absolute atomic E-state index is 0.389. The SMILES string of the molecule is CCNC(=NCCCc1nn(-c2ccccc2)c(N)c1C#N)NCCN1CCCCC1. The van der Waals surface area contributed by atoms with E-state index in [4.69, 9.17) is 5.73 Å². The Kier molecular flexibility index (Phi) is 8.73. The van der Waals surface area contributed by atoms with Gasteiger partial charge in [-0.15, -0.1) is 0 Å². The maximum atomic E-state index is 9.54. The monoisotopic (exact) mass is 422 g/mol. The van der Waals surface area contributed by atoms with Crippen LogP contribution in [0.5, 0.6) is 0 Å². The van der Waals surface area contributed by atoms with E-state index in [9.17, 15) is 5.26 Å². The Morgan fingerprint density at radius 1 is 1.19 bits per heavy atom. The summed E-state index contributed by atoms with van der Waals surface area (Å²) < 4.78 is 1.64. The number of hydrogen-bond acceptors (Lipinski definition) is 5. The number of nitrogens with zero attached hydrogens (tertiary/aromatic N) is 5. The normalized spacial score (nSPS) is 14.9. The summed E-state index contributed by atoms with van der Waals surface area (Å²) in [5, 5.41) is 20.9. The summed E-state index contributed by atoms with van der Waals surface area (Å²) in [6, 6.07) is 11.9. The van der Waals surface area contributed by atoms with Gasteiger partial charge in [0.2, 0.25) is 0 Å². The number of nitriles is 1. The first-order valence-electron chi connectivity index (χ1n) is 11.3. The van der Waals surface area contributed by atoms with Gasteiger partial charge in [-0.05, 0) is 57.8 Å². The highest BCUT2D eigenvalue weighted by molar-refractivity contribution is 5.79. The van der Waals surface area contributed by atoms with Crippen molar-refractivity contribution < 1.29 is 0 Å². The molecule has 1 aromatic carbocycles. The zero-order chi connectivity index (χ0) is 21.9. The molecule has 8 heteroatoms. The van der Waals surface area contributed by atoms with Gasteiger partial charge in [0.05, 0.1) is 11.4 Å². The van der Waals surface area contributed by atoms with Gasteiger partial charge in [-0.3, -0.25) is 4.99 Å². The van der Waals surface area contributed by atoms with Crippen LogP contribution in [0.2, 0.25) is 0 Å². The highest BCUT2D eigenvalue weighted by Gasteiger charge is 2.16. The van der Waals surface area contributed by atoms with Gasteiger partial charge in [0.1, 0.15) is 17.5 Å². The van der Waals surface area contributed by atoms with Crippen LogP contribution in [0, 0.1) is 11.3 Å². The molecule has 1 fully saturated rings. The average molecular weight is 423 g/mol. The topological polar surface area (TPSA) is 107 Å². The van der Waals surface area contributed by atoms with Crippen molar-refractivity contribution in [3.05, 3.63) is 41.6 Å². The molecule has 0 radical (unpaired) electrons. The smallest absolute Gasteiger partial charge is 0.191 e. The first kappa shape index (κ1) is 22.6. The molecule has 2 aromatic rings. The van der Waals surface area contributed by atoms with Crippen molar-refractivity contribution in [3.8, 4) is 11.8 Å². The molecule has 1 aliphatic heterocycles. The number of benzene rings is 1. The zero-order valence-corrected chi connectivity index (χ0v) is 18.5. The minimum atomic E-state index is 0.389. The molecule has 0 spiro atoms. The maximum absolute atomic E-state index is 9.54. The predicted molar refractivity (Wildman–Crippen MR) is 125 cm³/mol. The molecular weight excluding hydrogens is 388 g/mol. The van der Waals surface area contributed by atoms with Crippen LogP contribution in [-0.2, 0) is 6.42 Å². The number of nitrogen functional groups attached to an aromatic ring is 1. The third-order valence-corrected chi connectivity index (χ3v) is 5.46. The summed E-state index contributed by atoms with van der Waals surface area (Å²) in [5.41, 5.74) is 8.22. The molecule has 4 N–H and O–H groups in total. The van der Waals surface area contributed by atoms with E-state index in [2.05, 4.69) is 38.6 Å². The van der Waals surface area contributed by atoms with Gasteiger partial charge < -0.3 is 21.3 Å². The lowest BCUT2D eigenvalue weighted by Gasteiger charge is -2.26. The number of aliphatic imine (C=N–C) groups is 1. The molecule has 0 saturated carbocycles. The van der Waals surface area contributed by atoms with Crippen LogP contribution < -0.4 is 16.4 Å². The van der Waals surface area contributed by atoms with Crippen molar-refractivity contribution in [2.75, 3.05) is 45.0 Å². The number of anilines is 1. The number of likely N-dealkylation sites (tertiary alicyclic amines) is 1. The third kappa shape index (κ3) is 6.46. The van der Waals surface area contributed by atoms with Gasteiger partial charge in [0.25, 0.3) is 0 Å². The molecule has 0 aliphatic carbocycles. The molecule has 0 bridgehead atoms. The summed E-state index contributed by atoms with van der Waals surface area (Å²) in [5.74, 6) is 1.23. The largest absolute Gasteiger partial charge is 0.382 e. The minimum Gasteiger partial charge on any atom is -0.382 e. The second-order valence-electron chi connectivity index (χ2n) is 7.76. The Hall–Kier alpha value is -3.05. The van der Waals surface area contributed by atoms with Crippen molar-refractivity contribution in [3.63, 3.8) is 0 Å². The number of para-hydroxylation sites is 1. The number of nitrogens with two attached hydrogens (primary N) is 1. The highest BCUT2D eigenvalue weighted by Crippen LogP contribution is 2.21. The molecule has 0 amide bonds. The fraction of sp³-hybridized carbons (Fsp3) is 0.522. The van der Waals surface area contributed by atoms with Crippen LogP contribution in [0.25, 0.3) is 5.69 Å². The lowest BCUT2D eigenvalue weighted by molar-refractivity contribution is 0.232. The predicted octanol–water partition coefficient (Wildman–Crippen LogP) is 2.30. The van der Waals surface area contributed by atoms with Crippen LogP contribution in [-0.4, -0.2) is 59.9 Å². The molecule has 0 unspecified atom stereocenters. The van der Waals surface area contributed by atoms with Crippen molar-refractivity contribution in [2.24, 2.45) is 4.99 Å². The second kappa shape index (κ2) is 12.0. The average Bonchev–Trinajstić information content (AvgIpc) is 3.13. The Balaban J connectivity index is 1.52. The van der Waals surface area contributed by atoms with Gasteiger partial charge >= 0.3 is 0 Å². The summed E-state index contributed by atoms with van der Waals surface area (Å²) in [7, 11) is 0. The van der Waals surface area contributed by atoms with Crippen molar-refractivity contribution >= 4 is 11.8 Å². The number of hydrogen-bond donors (Lipinski definition) is 3. The molecule has 1 saturated heterocycles. The Morgan fingerprint density at radius 2 is 1.97 bits per heavy atom. The van der Waals surface area contributed by atoms with E-state index < -0.39 is 0 Å². The lowest BCUT2D eigenvalue weighted by Crippen LogP contribution is -2.42. The quantitative estimate of drug-likeness (QED) is 0.325. The van der Waals surface area contributed by atoms with Gasteiger partial charge in [-0.2, -0.15) is 10.4 Å². The first-order chi connectivity index (χ1) is 15.2. The summed E-state index contributed by atoms with van der Waals surface area (Å²) in [6.07, 6.45) is 5.43. The van der Waals surface area contributed by atoms with E-state index >= 15 is 0 Å². The Morgan fingerprint density at radius 3 is 2.68 bits per heavy atom.